The molecule has 7 atom stereocenters. The van der Waals surface area contributed by atoms with Crippen molar-refractivity contribution in [3.8, 4) is 0 Å². The zero-order valence-electron chi connectivity index (χ0n) is 16.9. The molecule has 4 bridgehead atoms. The van der Waals surface area contributed by atoms with Crippen LogP contribution in [-0.4, -0.2) is 11.4 Å². The van der Waals surface area contributed by atoms with Gasteiger partial charge in [-0.3, -0.25) is 9.69 Å². The van der Waals surface area contributed by atoms with E-state index in [1.807, 2.05) is 35.2 Å². The third-order valence-electron chi connectivity index (χ3n) is 8.68. The molecule has 0 radical (unpaired) electrons. The minimum absolute atomic E-state index is 0.280. The van der Waals surface area contributed by atoms with Crippen LogP contribution >= 0.6 is 11.6 Å². The fourth-order valence-electron chi connectivity index (χ4n) is 7.88. The standard InChI is InChI=1S/C25H34ClNO/c26-25(28)27(22-10-2-1-3-11-22)23-15-19-8-5-9-20(16-23)24(19)21-13-17-6-4-7-18(12-17)14-21/h1-3,10-11,17-21,23-24H,4-9,12-16H2/t17-,18+,19-,20+,21+,23+,24?. The van der Waals surface area contributed by atoms with Crippen LogP contribution in [0.3, 0.4) is 0 Å². The van der Waals surface area contributed by atoms with Gasteiger partial charge in [0.05, 0.1) is 0 Å². The molecule has 4 fully saturated rings. The normalized spacial score (nSPS) is 40.0. The van der Waals surface area contributed by atoms with Gasteiger partial charge in [-0.15, -0.1) is 0 Å². The maximum Gasteiger partial charge on any atom is 0.321 e. The van der Waals surface area contributed by atoms with E-state index in [0.29, 0.717) is 0 Å². The molecule has 4 aliphatic rings. The minimum atomic E-state index is -0.306. The molecule has 1 unspecified atom stereocenters. The monoisotopic (exact) mass is 399 g/mol. The SMILES string of the molecule is O=C(Cl)N(c1ccccc1)[C@H]1C[C@H]2CCC[C@@H](C1)C2[C@H]1C[C@@H]2CCC[C@@H](C2)C1. The van der Waals surface area contributed by atoms with Crippen LogP contribution in [-0.2, 0) is 0 Å². The number of anilines is 1. The number of amides is 1. The Morgan fingerprint density at radius 2 is 1.39 bits per heavy atom. The highest BCUT2D eigenvalue weighted by molar-refractivity contribution is 6.66. The molecule has 3 heteroatoms. The summed E-state index contributed by atoms with van der Waals surface area (Å²) in [5.74, 6) is 5.49. The van der Waals surface area contributed by atoms with E-state index in [-0.39, 0.29) is 11.4 Å². The molecule has 1 aromatic rings. The van der Waals surface area contributed by atoms with Gasteiger partial charge in [0.1, 0.15) is 0 Å². The van der Waals surface area contributed by atoms with Gasteiger partial charge in [0.15, 0.2) is 0 Å². The second kappa shape index (κ2) is 8.01. The van der Waals surface area contributed by atoms with Crippen LogP contribution in [0.2, 0.25) is 0 Å². The van der Waals surface area contributed by atoms with Crippen molar-refractivity contribution in [2.24, 2.45) is 35.5 Å². The van der Waals surface area contributed by atoms with Crippen molar-refractivity contribution in [3.05, 3.63) is 30.3 Å². The Hall–Kier alpha value is -1.02. The van der Waals surface area contributed by atoms with Gasteiger partial charge in [-0.1, -0.05) is 56.7 Å². The van der Waals surface area contributed by atoms with E-state index >= 15 is 0 Å². The number of fused-ring (bicyclic) bond motifs is 4. The quantitative estimate of drug-likeness (QED) is 0.386. The van der Waals surface area contributed by atoms with Crippen LogP contribution < -0.4 is 4.90 Å². The molecule has 0 N–H and O–H groups in total. The summed E-state index contributed by atoms with van der Waals surface area (Å²) < 4.78 is 0. The first kappa shape index (κ1) is 19.0. The highest BCUT2D eigenvalue weighted by Gasteiger charge is 2.48. The number of carbonyl (C=O) groups is 1. The zero-order chi connectivity index (χ0) is 19.1. The van der Waals surface area contributed by atoms with Crippen molar-refractivity contribution < 1.29 is 4.79 Å². The number of rotatable bonds is 3. The fourth-order valence-corrected chi connectivity index (χ4v) is 8.12. The highest BCUT2D eigenvalue weighted by Crippen LogP contribution is 2.55. The number of hydrogen-bond acceptors (Lipinski definition) is 1. The van der Waals surface area contributed by atoms with E-state index in [2.05, 4.69) is 0 Å². The van der Waals surface area contributed by atoms with Crippen LogP contribution in [0.15, 0.2) is 30.3 Å². The van der Waals surface area contributed by atoms with E-state index in [4.69, 9.17) is 11.6 Å². The van der Waals surface area contributed by atoms with Crippen LogP contribution in [0, 0.1) is 35.5 Å². The third kappa shape index (κ3) is 3.62. The molecule has 0 aromatic heterocycles. The summed E-state index contributed by atoms with van der Waals surface area (Å²) >= 11 is 6.11. The minimum Gasteiger partial charge on any atom is -0.296 e. The lowest BCUT2D eigenvalue weighted by molar-refractivity contribution is -0.00966. The molecule has 0 aliphatic heterocycles. The largest absolute Gasteiger partial charge is 0.321 e. The van der Waals surface area contributed by atoms with Crippen molar-refractivity contribution in [1.82, 2.24) is 0 Å². The molecule has 152 valence electrons. The van der Waals surface area contributed by atoms with Gasteiger partial charge >= 0.3 is 5.37 Å². The highest BCUT2D eigenvalue weighted by atomic mass is 35.5. The van der Waals surface area contributed by atoms with Crippen molar-refractivity contribution in [3.63, 3.8) is 0 Å². The number of carbonyl (C=O) groups excluding carboxylic acids is 1. The molecule has 4 aliphatic carbocycles. The zero-order valence-corrected chi connectivity index (χ0v) is 17.7. The summed E-state index contributed by atoms with van der Waals surface area (Å²) in [4.78, 5) is 14.3. The molecule has 1 aromatic carbocycles. The van der Waals surface area contributed by atoms with Crippen LogP contribution in [0.4, 0.5) is 10.5 Å². The first-order valence-corrected chi connectivity index (χ1v) is 12.1. The number of benzene rings is 1. The summed E-state index contributed by atoms with van der Waals surface area (Å²) in [5.41, 5.74) is 0.969. The first-order valence-electron chi connectivity index (χ1n) is 11.7. The molecule has 0 heterocycles. The first-order chi connectivity index (χ1) is 13.7. The van der Waals surface area contributed by atoms with Gasteiger partial charge in [0.2, 0.25) is 0 Å². The molecule has 5 rings (SSSR count). The lowest BCUT2D eigenvalue weighted by Gasteiger charge is -2.53. The van der Waals surface area contributed by atoms with Gasteiger partial charge < -0.3 is 0 Å². The van der Waals surface area contributed by atoms with Crippen molar-refractivity contribution >= 4 is 22.7 Å². The van der Waals surface area contributed by atoms with Gasteiger partial charge in [0.25, 0.3) is 0 Å². The van der Waals surface area contributed by atoms with Crippen molar-refractivity contribution in [2.45, 2.75) is 76.7 Å². The number of para-hydroxylation sites is 1. The van der Waals surface area contributed by atoms with Crippen LogP contribution in [0.5, 0.6) is 0 Å². The Labute approximate surface area is 175 Å². The number of nitrogens with zero attached hydrogens (tertiary/aromatic N) is 1. The Balaban J connectivity index is 1.36. The topological polar surface area (TPSA) is 20.3 Å². The number of hydrogen-bond donors (Lipinski definition) is 0. The maximum atomic E-state index is 12.4. The van der Waals surface area contributed by atoms with E-state index in [1.54, 1.807) is 0 Å². The third-order valence-corrected chi connectivity index (χ3v) is 8.87. The van der Waals surface area contributed by atoms with Crippen LogP contribution in [0.1, 0.15) is 70.6 Å². The maximum absolute atomic E-state index is 12.4. The van der Waals surface area contributed by atoms with Gasteiger partial charge in [0, 0.05) is 11.7 Å². The molecule has 4 saturated carbocycles. The summed E-state index contributed by atoms with van der Waals surface area (Å²) in [6, 6.07) is 10.4. The van der Waals surface area contributed by atoms with Crippen molar-refractivity contribution in [1.29, 1.82) is 0 Å². The van der Waals surface area contributed by atoms with Crippen molar-refractivity contribution in [2.75, 3.05) is 4.90 Å². The smallest absolute Gasteiger partial charge is 0.296 e. The molecule has 2 nitrogen and oxygen atoms in total. The molecule has 0 spiro atoms. The lowest BCUT2D eigenvalue weighted by atomic mass is 9.54. The van der Waals surface area contributed by atoms with Gasteiger partial charge in [-0.25, -0.2) is 0 Å². The molecular weight excluding hydrogens is 366 g/mol. The molecule has 28 heavy (non-hydrogen) atoms. The predicted molar refractivity (Wildman–Crippen MR) is 116 cm³/mol. The summed E-state index contributed by atoms with van der Waals surface area (Å²) in [5, 5.41) is -0.306. The van der Waals surface area contributed by atoms with E-state index < -0.39 is 0 Å². The van der Waals surface area contributed by atoms with Crippen LogP contribution in [0.25, 0.3) is 0 Å². The molecule has 0 saturated heterocycles. The average Bonchev–Trinajstić information content (AvgIpc) is 2.67. The Kier molecular flexibility index (Phi) is 5.43. The second-order valence-corrected chi connectivity index (χ2v) is 10.6. The van der Waals surface area contributed by atoms with E-state index in [0.717, 1.165) is 54.0 Å². The van der Waals surface area contributed by atoms with Gasteiger partial charge in [-0.2, -0.15) is 0 Å². The lowest BCUT2D eigenvalue weighted by Crippen LogP contribution is -2.50. The Morgan fingerprint density at radius 3 is 2.00 bits per heavy atom. The summed E-state index contributed by atoms with van der Waals surface area (Å²) in [7, 11) is 0. The predicted octanol–water partition coefficient (Wildman–Crippen LogP) is 7.26. The molecular formula is C25H34ClNO. The summed E-state index contributed by atoms with van der Waals surface area (Å²) in [6.07, 6.45) is 15.4. The Bertz CT molecular complexity index is 665. The Morgan fingerprint density at radius 1 is 0.786 bits per heavy atom. The molecule has 1 amide bonds. The fraction of sp³-hybridized carbons (Fsp3) is 0.720. The van der Waals surface area contributed by atoms with E-state index in [9.17, 15) is 4.79 Å². The number of halogens is 1. The second-order valence-electron chi connectivity index (χ2n) is 10.2. The summed E-state index contributed by atoms with van der Waals surface area (Å²) in [6.45, 7) is 0. The van der Waals surface area contributed by atoms with E-state index in [1.165, 1.54) is 57.8 Å². The average molecular weight is 400 g/mol. The van der Waals surface area contributed by atoms with Gasteiger partial charge in [-0.05, 0) is 91.3 Å².